The van der Waals surface area contributed by atoms with Crippen LogP contribution in [0.4, 0.5) is 0 Å². The topological polar surface area (TPSA) is 130 Å². The van der Waals surface area contributed by atoms with Crippen LogP contribution in [0.15, 0.2) is 52.6 Å². The van der Waals surface area contributed by atoms with E-state index in [1.165, 1.54) is 28.4 Å². The first kappa shape index (κ1) is 29.2. The van der Waals surface area contributed by atoms with Crippen LogP contribution in [0.5, 0.6) is 34.5 Å². The van der Waals surface area contributed by atoms with Gasteiger partial charge in [-0.1, -0.05) is 6.07 Å². The molecule has 41 heavy (non-hydrogen) atoms. The lowest BCUT2D eigenvalue weighted by molar-refractivity contribution is -0.136. The smallest absolute Gasteiger partial charge is 0.340 e. The maximum absolute atomic E-state index is 14.2. The zero-order valence-electron chi connectivity index (χ0n) is 24.2. The summed E-state index contributed by atoms with van der Waals surface area (Å²) in [6.45, 7) is 2.16. The molecule has 0 aliphatic carbocycles. The Labute approximate surface area is 237 Å². The van der Waals surface area contributed by atoms with Crippen molar-refractivity contribution in [1.29, 1.82) is 0 Å². The molecule has 0 spiro atoms. The molecule has 3 aromatic rings. The number of hydrogen-bond donors (Lipinski definition) is 1. The van der Waals surface area contributed by atoms with Crippen molar-refractivity contribution < 1.29 is 38.0 Å². The van der Waals surface area contributed by atoms with Gasteiger partial charge < -0.3 is 43.5 Å². The normalized spacial score (nSPS) is 14.1. The second kappa shape index (κ2) is 12.2. The van der Waals surface area contributed by atoms with Gasteiger partial charge in [0.1, 0.15) is 11.3 Å². The summed E-state index contributed by atoms with van der Waals surface area (Å²) in [5.41, 5.74) is 8.24. The molecule has 2 heterocycles. The second-order valence-corrected chi connectivity index (χ2v) is 9.22. The van der Waals surface area contributed by atoms with Crippen molar-refractivity contribution in [3.63, 3.8) is 0 Å². The van der Waals surface area contributed by atoms with Crippen LogP contribution in [0.2, 0.25) is 0 Å². The maximum Gasteiger partial charge on any atom is 0.340 e. The molecule has 0 fully saturated rings. The van der Waals surface area contributed by atoms with Crippen LogP contribution in [0.3, 0.4) is 0 Å². The number of carbonyl (C=O) groups is 1. The first-order chi connectivity index (χ1) is 19.7. The van der Waals surface area contributed by atoms with Crippen molar-refractivity contribution in [2.24, 2.45) is 5.73 Å². The first-order valence-electron chi connectivity index (χ1n) is 12.7. The van der Waals surface area contributed by atoms with Crippen LogP contribution in [-0.4, -0.2) is 53.2 Å². The van der Waals surface area contributed by atoms with Crippen LogP contribution in [0.25, 0.3) is 0 Å². The van der Waals surface area contributed by atoms with Crippen LogP contribution in [-0.2, 0) is 22.5 Å². The van der Waals surface area contributed by atoms with Crippen molar-refractivity contribution >= 4 is 5.97 Å². The number of aromatic nitrogens is 1. The number of nitrogens with two attached hydrogens (primary N) is 1. The number of methoxy groups -OCH3 is 6. The fourth-order valence-electron chi connectivity index (χ4n) is 5.05. The molecular formula is C30H34N2O9. The van der Waals surface area contributed by atoms with E-state index in [-0.39, 0.29) is 28.3 Å². The van der Waals surface area contributed by atoms with Gasteiger partial charge in [0.2, 0.25) is 11.6 Å². The van der Waals surface area contributed by atoms with E-state index in [0.29, 0.717) is 53.0 Å². The molecule has 1 aliphatic heterocycles. The molecule has 11 heteroatoms. The molecule has 218 valence electrons. The van der Waals surface area contributed by atoms with Gasteiger partial charge in [0.25, 0.3) is 5.56 Å². The Kier molecular flexibility index (Phi) is 8.65. The van der Waals surface area contributed by atoms with E-state index in [1.54, 1.807) is 37.0 Å². The molecule has 1 atom stereocenters. The molecule has 2 aromatic carbocycles. The van der Waals surface area contributed by atoms with Crippen LogP contribution >= 0.6 is 0 Å². The number of fused-ring (bicyclic) bond motifs is 1. The summed E-state index contributed by atoms with van der Waals surface area (Å²) in [5, 5.41) is 0. The predicted octanol–water partition coefficient (Wildman–Crippen LogP) is 3.31. The molecule has 1 aromatic heterocycles. The number of nitrogens with zero attached hydrogens (tertiary/aromatic N) is 1. The van der Waals surface area contributed by atoms with Gasteiger partial charge >= 0.3 is 5.97 Å². The molecule has 0 radical (unpaired) electrons. The van der Waals surface area contributed by atoms with E-state index >= 15 is 0 Å². The third kappa shape index (κ3) is 5.34. The molecule has 1 aliphatic rings. The second-order valence-electron chi connectivity index (χ2n) is 9.22. The van der Waals surface area contributed by atoms with Crippen molar-refractivity contribution in [2.75, 3.05) is 42.7 Å². The van der Waals surface area contributed by atoms with Gasteiger partial charge in [0.15, 0.2) is 23.0 Å². The number of rotatable bonds is 10. The van der Waals surface area contributed by atoms with Crippen molar-refractivity contribution in [1.82, 2.24) is 4.57 Å². The molecule has 0 bridgehead atoms. The van der Waals surface area contributed by atoms with E-state index in [2.05, 4.69) is 0 Å². The highest BCUT2D eigenvalue weighted by Crippen LogP contribution is 2.46. The zero-order valence-corrected chi connectivity index (χ0v) is 24.2. The van der Waals surface area contributed by atoms with Crippen LogP contribution in [0, 0.1) is 6.92 Å². The van der Waals surface area contributed by atoms with Crippen molar-refractivity contribution in [3.05, 3.63) is 80.6 Å². The number of hydrogen-bond acceptors (Lipinski definition) is 10. The third-order valence-corrected chi connectivity index (χ3v) is 7.07. The molecule has 0 unspecified atom stereocenters. The summed E-state index contributed by atoms with van der Waals surface area (Å²) in [7, 11) is 8.83. The number of esters is 1. The summed E-state index contributed by atoms with van der Waals surface area (Å²) >= 11 is 0. The highest BCUT2D eigenvalue weighted by molar-refractivity contribution is 5.92. The van der Waals surface area contributed by atoms with Crippen molar-refractivity contribution in [2.45, 2.75) is 25.8 Å². The summed E-state index contributed by atoms with van der Waals surface area (Å²) in [4.78, 5) is 27.2. The maximum atomic E-state index is 14.2. The summed E-state index contributed by atoms with van der Waals surface area (Å²) in [5.74, 6) is 0.672. The van der Waals surface area contributed by atoms with E-state index in [4.69, 9.17) is 38.9 Å². The van der Waals surface area contributed by atoms with Gasteiger partial charge in [0, 0.05) is 18.3 Å². The minimum Gasteiger partial charge on any atom is -0.493 e. The zero-order chi connectivity index (χ0) is 29.8. The Bertz CT molecular complexity index is 1530. The number of pyridine rings is 1. The van der Waals surface area contributed by atoms with Gasteiger partial charge in [-0.3, -0.25) is 4.79 Å². The molecule has 11 nitrogen and oxygen atoms in total. The minimum atomic E-state index is -0.944. The van der Waals surface area contributed by atoms with Crippen LogP contribution in [0.1, 0.15) is 28.3 Å². The summed E-state index contributed by atoms with van der Waals surface area (Å²) < 4.78 is 39.8. The molecular weight excluding hydrogens is 532 g/mol. The molecule has 2 N–H and O–H groups in total. The molecule has 0 saturated heterocycles. The van der Waals surface area contributed by atoms with E-state index < -0.39 is 11.9 Å². The molecule has 4 rings (SSSR count). The third-order valence-electron chi connectivity index (χ3n) is 7.07. The summed E-state index contributed by atoms with van der Waals surface area (Å²) in [6, 6.07) is 10.7. The summed E-state index contributed by atoms with van der Waals surface area (Å²) in [6.07, 6.45) is 0.525. The number of benzene rings is 2. The predicted molar refractivity (Wildman–Crippen MR) is 150 cm³/mol. The van der Waals surface area contributed by atoms with Gasteiger partial charge in [-0.2, -0.15) is 0 Å². The fraction of sp³-hybridized carbons (Fsp3) is 0.333. The fourth-order valence-corrected chi connectivity index (χ4v) is 5.05. The van der Waals surface area contributed by atoms with Gasteiger partial charge in [-0.25, -0.2) is 4.79 Å². The largest absolute Gasteiger partial charge is 0.493 e. The average molecular weight is 567 g/mol. The lowest BCUT2D eigenvalue weighted by Crippen LogP contribution is -2.35. The molecule has 0 amide bonds. The lowest BCUT2D eigenvalue weighted by Gasteiger charge is -2.29. The van der Waals surface area contributed by atoms with Crippen molar-refractivity contribution in [3.8, 4) is 34.5 Å². The Hall–Kier alpha value is -4.80. The number of carbonyl (C=O) groups excluding carboxylic acids is 1. The Morgan fingerprint density at radius 2 is 1.51 bits per heavy atom. The van der Waals surface area contributed by atoms with E-state index in [1.807, 2.05) is 25.1 Å². The van der Waals surface area contributed by atoms with E-state index in [9.17, 15) is 9.59 Å². The van der Waals surface area contributed by atoms with E-state index in [0.717, 1.165) is 5.56 Å². The quantitative estimate of drug-likeness (QED) is 0.365. The highest BCUT2D eigenvalue weighted by atomic mass is 16.5. The number of ether oxygens (including phenoxy) is 7. The van der Waals surface area contributed by atoms with Gasteiger partial charge in [-0.15, -0.1) is 0 Å². The first-order valence-corrected chi connectivity index (χ1v) is 12.7. The monoisotopic (exact) mass is 566 g/mol. The SMILES string of the molecule is COC(=O)C1=C(N)Oc2cc(C)n(CCc3ccc(OC)c(OC)c3)c(=O)c2[C@H]1c1cc(OC)c(OC)c(OC)c1. The van der Waals surface area contributed by atoms with Crippen LogP contribution < -0.4 is 39.7 Å². The minimum absolute atomic E-state index is 0.0123. The van der Waals surface area contributed by atoms with Gasteiger partial charge in [0.05, 0.1) is 54.1 Å². The standard InChI is InChI=1S/C30H34N2O9/c1-16-12-21-25(29(33)32(16)11-10-17-8-9-19(35-2)20(13-17)36-3)24(26(28(31)41-21)30(34)40-7)18-14-22(37-4)27(39-6)23(15-18)38-5/h8-9,12-15,24H,10-11,31H2,1-7H3/t24-/m1/s1. The van der Waals surface area contributed by atoms with Gasteiger partial charge in [-0.05, 0) is 48.7 Å². The Morgan fingerprint density at radius 3 is 2.07 bits per heavy atom. The highest BCUT2D eigenvalue weighted by Gasteiger charge is 2.39. The lowest BCUT2D eigenvalue weighted by atomic mass is 9.83. The average Bonchev–Trinajstić information content (AvgIpc) is 2.98. The Morgan fingerprint density at radius 1 is 0.878 bits per heavy atom. The molecule has 0 saturated carbocycles. The number of aryl methyl sites for hydroxylation is 2. The Balaban J connectivity index is 1.88.